The third-order valence-electron chi connectivity index (χ3n) is 7.90. The highest BCUT2D eigenvalue weighted by molar-refractivity contribution is 5.86. The molecule has 4 aromatic carbocycles. The molecule has 206 valence electrons. The Labute approximate surface area is 238 Å². The molecule has 9 heteroatoms. The zero-order valence-corrected chi connectivity index (χ0v) is 22.9. The van der Waals surface area contributed by atoms with E-state index in [0.717, 1.165) is 13.0 Å². The van der Waals surface area contributed by atoms with Crippen LogP contribution in [-0.2, 0) is 0 Å². The third kappa shape index (κ3) is 5.55. The zero-order valence-electron chi connectivity index (χ0n) is 22.1. The molecule has 0 bridgehead atoms. The van der Waals surface area contributed by atoms with Crippen molar-refractivity contribution in [3.8, 4) is 11.4 Å². The van der Waals surface area contributed by atoms with E-state index in [2.05, 4.69) is 87.5 Å². The van der Waals surface area contributed by atoms with Crippen LogP contribution in [0.25, 0.3) is 22.2 Å². The molecule has 5 aromatic rings. The van der Waals surface area contributed by atoms with E-state index in [9.17, 15) is 0 Å². The van der Waals surface area contributed by atoms with Gasteiger partial charge in [-0.25, -0.2) is 8.78 Å². The number of hydrogen-bond acceptors (Lipinski definition) is 5. The normalized spacial score (nSPS) is 17.9. The fourth-order valence-corrected chi connectivity index (χ4v) is 5.87. The fourth-order valence-electron chi connectivity index (χ4n) is 5.87. The SMILES string of the molecule is CC(NCC1CCN(c2c(F)cc(-c3nn[nH]n3)cc2F)CC1c1ccccc1)c1cccc2ccccc12.Cl. The monoisotopic (exact) mass is 560 g/mol. The lowest BCUT2D eigenvalue weighted by Gasteiger charge is -2.41. The number of nitrogens with one attached hydrogen (secondary N) is 2. The predicted molar refractivity (Wildman–Crippen MR) is 157 cm³/mol. The van der Waals surface area contributed by atoms with E-state index in [-0.39, 0.29) is 41.4 Å². The lowest BCUT2D eigenvalue weighted by atomic mass is 9.80. The number of hydrogen-bond donors (Lipinski definition) is 2. The number of piperidine rings is 1. The van der Waals surface area contributed by atoms with Gasteiger partial charge in [0.05, 0.1) is 0 Å². The molecule has 40 heavy (non-hydrogen) atoms. The first-order valence-corrected chi connectivity index (χ1v) is 13.3. The summed E-state index contributed by atoms with van der Waals surface area (Å²) in [4.78, 5) is 1.84. The number of halogens is 3. The number of H-pyrrole nitrogens is 1. The average molecular weight is 561 g/mol. The molecule has 0 aliphatic carbocycles. The molecule has 1 saturated heterocycles. The highest BCUT2D eigenvalue weighted by Gasteiger charge is 2.33. The number of aromatic amines is 1. The molecule has 2 N–H and O–H groups in total. The van der Waals surface area contributed by atoms with E-state index in [1.807, 2.05) is 23.1 Å². The summed E-state index contributed by atoms with van der Waals surface area (Å²) < 4.78 is 30.6. The molecule has 6 nitrogen and oxygen atoms in total. The molecule has 3 unspecified atom stereocenters. The van der Waals surface area contributed by atoms with Crippen LogP contribution in [-0.4, -0.2) is 40.3 Å². The topological polar surface area (TPSA) is 69.7 Å². The fraction of sp³-hybridized carbons (Fsp3) is 0.258. The van der Waals surface area contributed by atoms with Crippen molar-refractivity contribution in [3.05, 3.63) is 108 Å². The molecule has 6 rings (SSSR count). The Morgan fingerprint density at radius 3 is 2.45 bits per heavy atom. The van der Waals surface area contributed by atoms with E-state index in [1.54, 1.807) is 0 Å². The molecule has 0 amide bonds. The molecular weight excluding hydrogens is 530 g/mol. The van der Waals surface area contributed by atoms with Crippen LogP contribution >= 0.6 is 12.4 Å². The smallest absolute Gasteiger partial charge is 0.204 e. The van der Waals surface area contributed by atoms with Gasteiger partial charge in [-0.3, -0.25) is 0 Å². The number of nitrogens with zero attached hydrogens (tertiary/aromatic N) is 4. The van der Waals surface area contributed by atoms with Crippen LogP contribution in [0.2, 0.25) is 0 Å². The van der Waals surface area contributed by atoms with E-state index in [1.165, 1.54) is 34.0 Å². The van der Waals surface area contributed by atoms with Crippen LogP contribution in [0.15, 0.2) is 84.9 Å². The maximum Gasteiger partial charge on any atom is 0.204 e. The van der Waals surface area contributed by atoms with E-state index in [4.69, 9.17) is 0 Å². The molecule has 2 heterocycles. The van der Waals surface area contributed by atoms with Crippen LogP contribution in [0.1, 0.15) is 36.4 Å². The second-order valence-electron chi connectivity index (χ2n) is 10.2. The second-order valence-corrected chi connectivity index (χ2v) is 10.2. The van der Waals surface area contributed by atoms with Crippen molar-refractivity contribution in [2.24, 2.45) is 5.92 Å². The predicted octanol–water partition coefficient (Wildman–Crippen LogP) is 6.68. The standard InChI is InChI=1S/C31H30F2N6.ClH/c1-20(25-13-7-11-21-10-5-6-12-26(21)25)34-18-23-14-15-39(19-27(23)22-8-3-2-4-9-22)30-28(32)16-24(17-29(30)33)31-35-37-38-36-31;/h2-13,16-17,20,23,27,34H,14-15,18-19H2,1H3,(H,35,36,37,38);1H. The summed E-state index contributed by atoms with van der Waals surface area (Å²) in [6, 6.07) is 27.9. The number of aromatic nitrogens is 4. The minimum absolute atomic E-state index is 0. The summed E-state index contributed by atoms with van der Waals surface area (Å²) in [7, 11) is 0. The van der Waals surface area contributed by atoms with Gasteiger partial charge in [0.1, 0.15) is 17.3 Å². The first-order chi connectivity index (χ1) is 19.1. The van der Waals surface area contributed by atoms with Crippen molar-refractivity contribution >= 4 is 28.9 Å². The summed E-state index contributed by atoms with van der Waals surface area (Å²) >= 11 is 0. The maximum atomic E-state index is 15.3. The minimum atomic E-state index is -0.622. The van der Waals surface area contributed by atoms with Gasteiger partial charge in [-0.05, 0) is 65.1 Å². The lowest BCUT2D eigenvalue weighted by molar-refractivity contribution is 0.322. The number of fused-ring (bicyclic) bond motifs is 1. The molecule has 1 aromatic heterocycles. The van der Waals surface area contributed by atoms with Crippen molar-refractivity contribution in [2.45, 2.75) is 25.3 Å². The van der Waals surface area contributed by atoms with Crippen molar-refractivity contribution in [3.63, 3.8) is 0 Å². The second kappa shape index (κ2) is 12.1. The molecule has 0 radical (unpaired) electrons. The number of anilines is 1. The molecular formula is C31H31ClF2N6. The first kappa shape index (κ1) is 27.7. The highest BCUT2D eigenvalue weighted by atomic mass is 35.5. The van der Waals surface area contributed by atoms with Gasteiger partial charge in [-0.1, -0.05) is 72.8 Å². The Morgan fingerprint density at radius 2 is 1.70 bits per heavy atom. The van der Waals surface area contributed by atoms with Crippen LogP contribution in [0.3, 0.4) is 0 Å². The Balaban J connectivity index is 0.00000323. The molecule has 3 atom stereocenters. The van der Waals surface area contributed by atoms with Gasteiger partial charge in [0, 0.05) is 30.6 Å². The first-order valence-electron chi connectivity index (χ1n) is 13.3. The highest BCUT2D eigenvalue weighted by Crippen LogP contribution is 2.37. The van der Waals surface area contributed by atoms with Crippen molar-refractivity contribution in [2.75, 3.05) is 24.5 Å². The number of rotatable bonds is 7. The summed E-state index contributed by atoms with van der Waals surface area (Å²) in [5.41, 5.74) is 2.70. The zero-order chi connectivity index (χ0) is 26.8. The molecule has 1 aliphatic rings. The molecule has 1 aliphatic heterocycles. The minimum Gasteiger partial charge on any atom is -0.366 e. The van der Waals surface area contributed by atoms with Gasteiger partial charge in [0.25, 0.3) is 0 Å². The van der Waals surface area contributed by atoms with Crippen LogP contribution in [0, 0.1) is 17.6 Å². The maximum absolute atomic E-state index is 15.3. The summed E-state index contributed by atoms with van der Waals surface area (Å²) in [5, 5.41) is 19.8. The van der Waals surface area contributed by atoms with E-state index >= 15 is 8.78 Å². The Kier molecular flexibility index (Phi) is 8.38. The van der Waals surface area contributed by atoms with Crippen LogP contribution < -0.4 is 10.2 Å². The lowest BCUT2D eigenvalue weighted by Crippen LogP contribution is -2.43. The third-order valence-corrected chi connectivity index (χ3v) is 7.90. The summed E-state index contributed by atoms with van der Waals surface area (Å²) in [6.07, 6.45) is 0.806. The van der Waals surface area contributed by atoms with Gasteiger partial charge in [0.15, 0.2) is 0 Å². The van der Waals surface area contributed by atoms with Gasteiger partial charge in [-0.2, -0.15) is 5.21 Å². The molecule has 0 saturated carbocycles. The largest absolute Gasteiger partial charge is 0.366 e. The van der Waals surface area contributed by atoms with Gasteiger partial charge in [-0.15, -0.1) is 22.6 Å². The molecule has 1 fully saturated rings. The number of tetrazole rings is 1. The Bertz CT molecular complexity index is 1530. The Hall–Kier alpha value is -3.88. The van der Waals surface area contributed by atoms with Crippen LogP contribution in [0.5, 0.6) is 0 Å². The van der Waals surface area contributed by atoms with E-state index in [0.29, 0.717) is 19.0 Å². The number of benzene rings is 4. The van der Waals surface area contributed by atoms with Crippen molar-refractivity contribution in [1.29, 1.82) is 0 Å². The van der Waals surface area contributed by atoms with Crippen molar-refractivity contribution in [1.82, 2.24) is 25.9 Å². The average Bonchev–Trinajstić information content (AvgIpc) is 3.51. The summed E-state index contributed by atoms with van der Waals surface area (Å²) in [6.45, 7) is 4.09. The Morgan fingerprint density at radius 1 is 0.975 bits per heavy atom. The van der Waals surface area contributed by atoms with E-state index < -0.39 is 11.6 Å². The quantitative estimate of drug-likeness (QED) is 0.232. The van der Waals surface area contributed by atoms with Crippen LogP contribution in [0.4, 0.5) is 14.5 Å². The van der Waals surface area contributed by atoms with Crippen molar-refractivity contribution < 1.29 is 8.78 Å². The van der Waals surface area contributed by atoms with Gasteiger partial charge < -0.3 is 10.2 Å². The van der Waals surface area contributed by atoms with Gasteiger partial charge >= 0.3 is 0 Å². The summed E-state index contributed by atoms with van der Waals surface area (Å²) in [5.74, 6) is -0.661. The van der Waals surface area contributed by atoms with Gasteiger partial charge in [0.2, 0.25) is 5.82 Å². The molecule has 0 spiro atoms.